The molecule has 0 fully saturated rings. The summed E-state index contributed by atoms with van der Waals surface area (Å²) in [6.45, 7) is 7.92. The van der Waals surface area contributed by atoms with Crippen LogP contribution in [0, 0.1) is 13.8 Å². The van der Waals surface area contributed by atoms with Gasteiger partial charge >= 0.3 is 0 Å². The average molecular weight is 264 g/mol. The Labute approximate surface area is 114 Å². The molecule has 18 heavy (non-hydrogen) atoms. The zero-order valence-electron chi connectivity index (χ0n) is 11.2. The zero-order valence-corrected chi connectivity index (χ0v) is 12.0. The van der Waals surface area contributed by atoms with E-state index in [2.05, 4.69) is 4.98 Å². The third-order valence-electron chi connectivity index (χ3n) is 2.20. The maximum Gasteiger partial charge on any atom is 0.146 e. The highest BCUT2D eigenvalue weighted by atomic mass is 35.5. The van der Waals surface area contributed by atoms with E-state index in [-0.39, 0.29) is 0 Å². The average Bonchev–Trinajstić information content (AvgIpc) is 2.38. The Morgan fingerprint density at radius 2 is 1.78 bits per heavy atom. The van der Waals surface area contributed by atoms with E-state index in [0.717, 1.165) is 11.3 Å². The third-order valence-corrected chi connectivity index (χ3v) is 2.49. The van der Waals surface area contributed by atoms with Crippen LogP contribution in [0.25, 0.3) is 0 Å². The van der Waals surface area contributed by atoms with E-state index >= 15 is 0 Å². The number of hydrogen-bond donors (Lipinski definition) is 0. The first kappa shape index (κ1) is 14.5. The number of aryl methyl sites for hydroxylation is 2. The minimum absolute atomic E-state index is 0.612. The second kappa shape index (κ2) is 7.02. The van der Waals surface area contributed by atoms with Gasteiger partial charge in [0.1, 0.15) is 11.5 Å². The van der Waals surface area contributed by atoms with Crippen molar-refractivity contribution in [1.29, 1.82) is 0 Å². The molecule has 0 saturated carbocycles. The normalized spacial score (nSPS) is 9.39. The lowest BCUT2D eigenvalue weighted by atomic mass is 10.2. The zero-order chi connectivity index (χ0) is 13.5. The van der Waals surface area contributed by atoms with Crippen LogP contribution in [0.15, 0.2) is 36.5 Å². The summed E-state index contributed by atoms with van der Waals surface area (Å²) in [6, 6.07) is 9.47. The number of aromatic nitrogens is 1. The molecule has 0 N–H and O–H groups in total. The minimum Gasteiger partial charge on any atom is -0.454 e. The number of benzene rings is 1. The van der Waals surface area contributed by atoms with Crippen LogP contribution in [0.5, 0.6) is 11.5 Å². The second-order valence-corrected chi connectivity index (χ2v) is 4.08. The SMILES string of the molecule is CC.Cc1ccc(Oc2ccc(C)nc2)c(Cl)c1. The summed E-state index contributed by atoms with van der Waals surface area (Å²) in [5.41, 5.74) is 2.07. The van der Waals surface area contributed by atoms with Crippen LogP contribution in [0.1, 0.15) is 25.1 Å². The maximum atomic E-state index is 6.07. The van der Waals surface area contributed by atoms with Crippen LogP contribution in [0.4, 0.5) is 0 Å². The summed E-state index contributed by atoms with van der Waals surface area (Å²) in [7, 11) is 0. The van der Waals surface area contributed by atoms with Gasteiger partial charge in [-0.25, -0.2) is 0 Å². The lowest BCUT2D eigenvalue weighted by molar-refractivity contribution is 0.480. The molecule has 0 aliphatic carbocycles. The van der Waals surface area contributed by atoms with Crippen LogP contribution >= 0.6 is 11.6 Å². The maximum absolute atomic E-state index is 6.07. The Bertz CT molecular complexity index is 494. The van der Waals surface area contributed by atoms with Gasteiger partial charge in [-0.2, -0.15) is 0 Å². The van der Waals surface area contributed by atoms with Crippen molar-refractivity contribution in [2.75, 3.05) is 0 Å². The van der Waals surface area contributed by atoms with Gasteiger partial charge in [-0.05, 0) is 43.7 Å². The molecule has 2 rings (SSSR count). The van der Waals surface area contributed by atoms with Crippen LogP contribution in [-0.4, -0.2) is 4.98 Å². The van der Waals surface area contributed by atoms with Gasteiger partial charge in [-0.1, -0.05) is 31.5 Å². The summed E-state index contributed by atoms with van der Waals surface area (Å²) in [6.07, 6.45) is 1.69. The molecule has 0 aliphatic rings. The number of nitrogens with zero attached hydrogens (tertiary/aromatic N) is 1. The fourth-order valence-corrected chi connectivity index (χ4v) is 1.60. The highest BCUT2D eigenvalue weighted by Gasteiger charge is 2.03. The van der Waals surface area contributed by atoms with Gasteiger partial charge < -0.3 is 4.74 Å². The summed E-state index contributed by atoms with van der Waals surface area (Å²) >= 11 is 6.07. The van der Waals surface area contributed by atoms with E-state index in [9.17, 15) is 0 Å². The Kier molecular flexibility index (Phi) is 5.66. The van der Waals surface area contributed by atoms with Crippen LogP contribution in [0.2, 0.25) is 5.02 Å². The fraction of sp³-hybridized carbons (Fsp3) is 0.267. The van der Waals surface area contributed by atoms with Gasteiger partial charge in [-0.15, -0.1) is 0 Å². The Morgan fingerprint density at radius 1 is 1.06 bits per heavy atom. The number of hydrogen-bond acceptors (Lipinski definition) is 2. The summed E-state index contributed by atoms with van der Waals surface area (Å²) in [5, 5.41) is 0.612. The Morgan fingerprint density at radius 3 is 2.33 bits per heavy atom. The van der Waals surface area contributed by atoms with Crippen molar-refractivity contribution in [2.24, 2.45) is 0 Å². The topological polar surface area (TPSA) is 22.1 Å². The highest BCUT2D eigenvalue weighted by molar-refractivity contribution is 6.32. The van der Waals surface area contributed by atoms with E-state index < -0.39 is 0 Å². The van der Waals surface area contributed by atoms with Crippen molar-refractivity contribution in [3.05, 3.63) is 52.8 Å². The summed E-state index contributed by atoms with van der Waals surface area (Å²) in [4.78, 5) is 4.15. The van der Waals surface area contributed by atoms with Crippen molar-refractivity contribution in [3.63, 3.8) is 0 Å². The van der Waals surface area contributed by atoms with Crippen molar-refractivity contribution in [1.82, 2.24) is 4.98 Å². The monoisotopic (exact) mass is 263 g/mol. The molecule has 0 unspecified atom stereocenters. The van der Waals surface area contributed by atoms with Crippen LogP contribution < -0.4 is 4.74 Å². The largest absolute Gasteiger partial charge is 0.454 e. The highest BCUT2D eigenvalue weighted by Crippen LogP contribution is 2.29. The molecule has 0 spiro atoms. The molecule has 0 amide bonds. The molecule has 1 aromatic carbocycles. The number of rotatable bonds is 2. The van der Waals surface area contributed by atoms with Gasteiger partial charge in [-0.3, -0.25) is 4.98 Å². The van der Waals surface area contributed by atoms with Crippen molar-refractivity contribution < 1.29 is 4.74 Å². The molecule has 2 aromatic rings. The molecule has 0 aliphatic heterocycles. The standard InChI is InChI=1S/C13H12ClNO.C2H6/c1-9-3-6-13(12(14)7-9)16-11-5-4-10(2)15-8-11;1-2/h3-8H,1-2H3;1-2H3. The first-order valence-electron chi connectivity index (χ1n) is 6.02. The molecule has 3 heteroatoms. The van der Waals surface area contributed by atoms with Gasteiger partial charge in [0.25, 0.3) is 0 Å². The van der Waals surface area contributed by atoms with E-state index in [4.69, 9.17) is 16.3 Å². The third kappa shape index (κ3) is 4.04. The number of ether oxygens (including phenoxy) is 1. The van der Waals surface area contributed by atoms with Crippen LogP contribution in [-0.2, 0) is 0 Å². The Balaban J connectivity index is 0.000000771. The summed E-state index contributed by atoms with van der Waals surface area (Å²) in [5.74, 6) is 1.34. The lowest BCUT2D eigenvalue weighted by Gasteiger charge is -2.07. The molecule has 1 aromatic heterocycles. The number of halogens is 1. The molecule has 0 bridgehead atoms. The van der Waals surface area contributed by atoms with E-state index in [1.807, 2.05) is 58.0 Å². The molecule has 96 valence electrons. The second-order valence-electron chi connectivity index (χ2n) is 3.67. The van der Waals surface area contributed by atoms with Crippen molar-refractivity contribution in [2.45, 2.75) is 27.7 Å². The summed E-state index contributed by atoms with van der Waals surface area (Å²) < 4.78 is 5.62. The molecule has 0 atom stereocenters. The first-order chi connectivity index (χ1) is 8.65. The van der Waals surface area contributed by atoms with Gasteiger partial charge in [0, 0.05) is 5.69 Å². The predicted molar refractivity (Wildman–Crippen MR) is 76.6 cm³/mol. The van der Waals surface area contributed by atoms with E-state index in [1.54, 1.807) is 6.20 Å². The van der Waals surface area contributed by atoms with Crippen molar-refractivity contribution >= 4 is 11.6 Å². The molecular formula is C15H18ClNO. The van der Waals surface area contributed by atoms with Gasteiger partial charge in [0.15, 0.2) is 0 Å². The van der Waals surface area contributed by atoms with Gasteiger partial charge in [0.2, 0.25) is 0 Å². The molecule has 2 nitrogen and oxygen atoms in total. The predicted octanol–water partition coefficient (Wildman–Crippen LogP) is 5.17. The minimum atomic E-state index is 0.612. The molecule has 1 heterocycles. The van der Waals surface area contributed by atoms with Gasteiger partial charge in [0.05, 0.1) is 11.2 Å². The smallest absolute Gasteiger partial charge is 0.146 e. The van der Waals surface area contributed by atoms with Crippen LogP contribution in [0.3, 0.4) is 0 Å². The number of pyridine rings is 1. The van der Waals surface area contributed by atoms with Crippen molar-refractivity contribution in [3.8, 4) is 11.5 Å². The molecule has 0 saturated heterocycles. The van der Waals surface area contributed by atoms with E-state index in [1.165, 1.54) is 0 Å². The van der Waals surface area contributed by atoms with E-state index in [0.29, 0.717) is 16.5 Å². The quantitative estimate of drug-likeness (QED) is 0.746. The first-order valence-corrected chi connectivity index (χ1v) is 6.39. The molecule has 0 radical (unpaired) electrons. The fourth-order valence-electron chi connectivity index (χ4n) is 1.33. The lowest BCUT2D eigenvalue weighted by Crippen LogP contribution is -1.87. The molecular weight excluding hydrogens is 246 g/mol. The Hall–Kier alpha value is -1.54.